The number of aromatic nitrogens is 4. The highest BCUT2D eigenvalue weighted by atomic mass is 19.4. The third-order valence-corrected chi connectivity index (χ3v) is 3.78. The van der Waals surface area contributed by atoms with Gasteiger partial charge in [-0.25, -0.2) is 4.98 Å². The Hall–Kier alpha value is -2.38. The van der Waals surface area contributed by atoms with Crippen LogP contribution < -0.4 is 4.74 Å². The van der Waals surface area contributed by atoms with Gasteiger partial charge in [0.1, 0.15) is 6.10 Å². The summed E-state index contributed by atoms with van der Waals surface area (Å²) in [6, 6.07) is 6.56. The molecule has 0 unspecified atom stereocenters. The number of hydrogen-bond donors (Lipinski definition) is 0. The van der Waals surface area contributed by atoms with Crippen molar-refractivity contribution in [2.24, 2.45) is 0 Å². The van der Waals surface area contributed by atoms with E-state index < -0.39 is 12.0 Å². The van der Waals surface area contributed by atoms with Crippen molar-refractivity contribution in [3.63, 3.8) is 0 Å². The van der Waals surface area contributed by atoms with Crippen LogP contribution >= 0.6 is 0 Å². The molecule has 1 saturated carbocycles. The molecule has 0 radical (unpaired) electrons. The number of hydrogen-bond acceptors (Lipinski definition) is 4. The normalized spacial score (nSPS) is 16.1. The fourth-order valence-electron chi connectivity index (χ4n) is 2.47. The Morgan fingerprint density at radius 3 is 2.59 bits per heavy atom. The molecule has 3 aromatic rings. The van der Waals surface area contributed by atoms with Crippen LogP contribution in [0.25, 0.3) is 16.7 Å². The predicted molar refractivity (Wildman–Crippen MR) is 71.6 cm³/mol. The van der Waals surface area contributed by atoms with Crippen molar-refractivity contribution >= 4 is 16.7 Å². The third-order valence-electron chi connectivity index (χ3n) is 3.78. The van der Waals surface area contributed by atoms with Crippen LogP contribution in [0.15, 0.2) is 24.3 Å². The number of para-hydroxylation sites is 2. The van der Waals surface area contributed by atoms with Crippen LogP contribution in [0.3, 0.4) is 0 Å². The van der Waals surface area contributed by atoms with Gasteiger partial charge in [0, 0.05) is 0 Å². The van der Waals surface area contributed by atoms with Gasteiger partial charge in [-0.05, 0) is 31.4 Å². The second-order valence-electron chi connectivity index (χ2n) is 5.26. The van der Waals surface area contributed by atoms with E-state index in [0.29, 0.717) is 11.0 Å². The maximum atomic E-state index is 13.2. The fraction of sp³-hybridized carbons (Fsp3) is 0.357. The molecule has 0 amide bonds. The average Bonchev–Trinajstić information content (AvgIpc) is 2.88. The van der Waals surface area contributed by atoms with Crippen LogP contribution in [0, 0.1) is 0 Å². The monoisotopic (exact) mass is 308 g/mol. The molecule has 8 heteroatoms. The summed E-state index contributed by atoms with van der Waals surface area (Å²) < 4.78 is 46.2. The lowest BCUT2D eigenvalue weighted by atomic mass is 9.96. The first-order valence-electron chi connectivity index (χ1n) is 6.92. The molecule has 1 fully saturated rings. The topological polar surface area (TPSA) is 52.3 Å². The number of ether oxygens (including phenoxy) is 1. The van der Waals surface area contributed by atoms with Gasteiger partial charge in [-0.2, -0.15) is 13.2 Å². The highest BCUT2D eigenvalue weighted by Gasteiger charge is 2.38. The van der Waals surface area contributed by atoms with Gasteiger partial charge in [-0.15, -0.1) is 10.2 Å². The summed E-state index contributed by atoms with van der Waals surface area (Å²) in [4.78, 5) is 4.31. The van der Waals surface area contributed by atoms with E-state index in [1.165, 1.54) is 0 Å². The first-order chi connectivity index (χ1) is 10.5. The predicted octanol–water partition coefficient (Wildman–Crippen LogP) is 3.23. The minimum absolute atomic E-state index is 0.00192. The summed E-state index contributed by atoms with van der Waals surface area (Å²) in [7, 11) is 0. The van der Waals surface area contributed by atoms with E-state index >= 15 is 0 Å². The first-order valence-corrected chi connectivity index (χ1v) is 6.92. The molecule has 4 rings (SSSR count). The Kier molecular flexibility index (Phi) is 2.75. The zero-order valence-electron chi connectivity index (χ0n) is 11.3. The Morgan fingerprint density at radius 2 is 1.91 bits per heavy atom. The molecule has 2 aromatic heterocycles. The van der Waals surface area contributed by atoms with Crippen LogP contribution in [0.4, 0.5) is 13.2 Å². The van der Waals surface area contributed by atoms with Crippen molar-refractivity contribution in [3.8, 4) is 5.88 Å². The van der Waals surface area contributed by atoms with Crippen LogP contribution in [0.1, 0.15) is 25.1 Å². The smallest absolute Gasteiger partial charge is 0.452 e. The molecular weight excluding hydrogens is 297 g/mol. The van der Waals surface area contributed by atoms with Crippen molar-refractivity contribution in [2.45, 2.75) is 31.5 Å². The molecule has 1 aliphatic carbocycles. The fourth-order valence-corrected chi connectivity index (χ4v) is 2.47. The Bertz CT molecular complexity index is 854. The molecule has 5 nitrogen and oxygen atoms in total. The third kappa shape index (κ3) is 1.98. The van der Waals surface area contributed by atoms with E-state index in [2.05, 4.69) is 15.2 Å². The van der Waals surface area contributed by atoms with Crippen molar-refractivity contribution in [1.29, 1.82) is 0 Å². The Balaban J connectivity index is 2.01. The van der Waals surface area contributed by atoms with E-state index in [1.54, 1.807) is 24.3 Å². The summed E-state index contributed by atoms with van der Waals surface area (Å²) in [5.41, 5.74) is 0.711. The molecule has 0 aliphatic heterocycles. The van der Waals surface area contributed by atoms with Crippen LogP contribution in [0.2, 0.25) is 0 Å². The largest absolute Gasteiger partial charge is 0.472 e. The van der Waals surface area contributed by atoms with E-state index in [0.717, 1.165) is 23.7 Å². The number of benzene rings is 1. The summed E-state index contributed by atoms with van der Waals surface area (Å²) in [5.74, 6) is -0.967. The zero-order chi connectivity index (χ0) is 15.3. The molecule has 22 heavy (non-hydrogen) atoms. The molecule has 1 aliphatic rings. The summed E-state index contributed by atoms with van der Waals surface area (Å²) >= 11 is 0. The van der Waals surface area contributed by atoms with Crippen LogP contribution in [-0.2, 0) is 6.18 Å². The minimum atomic E-state index is -4.60. The van der Waals surface area contributed by atoms with E-state index in [1.807, 2.05) is 0 Å². The zero-order valence-corrected chi connectivity index (χ0v) is 11.3. The molecule has 0 spiro atoms. The number of alkyl halides is 3. The van der Waals surface area contributed by atoms with Crippen molar-refractivity contribution in [2.75, 3.05) is 0 Å². The SMILES string of the molecule is FC(F)(F)c1nnc2c(OC3CCC3)nc3ccccc3n12. The van der Waals surface area contributed by atoms with Gasteiger partial charge in [0.25, 0.3) is 5.88 Å². The number of rotatable bonds is 2. The van der Waals surface area contributed by atoms with Gasteiger partial charge in [0.15, 0.2) is 0 Å². The van der Waals surface area contributed by atoms with Crippen molar-refractivity contribution in [1.82, 2.24) is 19.6 Å². The average molecular weight is 308 g/mol. The molecule has 1 aromatic carbocycles. The summed E-state index contributed by atoms with van der Waals surface area (Å²) in [5, 5.41) is 6.95. The van der Waals surface area contributed by atoms with Gasteiger partial charge in [0.2, 0.25) is 11.5 Å². The van der Waals surface area contributed by atoms with Gasteiger partial charge in [-0.1, -0.05) is 12.1 Å². The quantitative estimate of drug-likeness (QED) is 0.729. The first kappa shape index (κ1) is 13.3. The van der Waals surface area contributed by atoms with Crippen LogP contribution in [-0.4, -0.2) is 25.7 Å². The lowest BCUT2D eigenvalue weighted by Crippen LogP contribution is -2.25. The van der Waals surface area contributed by atoms with E-state index in [4.69, 9.17) is 4.74 Å². The maximum absolute atomic E-state index is 13.2. The number of nitrogens with zero attached hydrogens (tertiary/aromatic N) is 4. The van der Waals surface area contributed by atoms with Gasteiger partial charge in [0.05, 0.1) is 11.0 Å². The Labute approximate surface area is 122 Å². The highest BCUT2D eigenvalue weighted by molar-refractivity contribution is 5.79. The van der Waals surface area contributed by atoms with Crippen molar-refractivity contribution < 1.29 is 17.9 Å². The summed E-state index contributed by atoms with van der Waals surface area (Å²) in [6.07, 6.45) is -1.81. The van der Waals surface area contributed by atoms with Gasteiger partial charge < -0.3 is 4.74 Å². The molecule has 0 atom stereocenters. The lowest BCUT2D eigenvalue weighted by molar-refractivity contribution is -0.145. The highest BCUT2D eigenvalue weighted by Crippen LogP contribution is 2.33. The van der Waals surface area contributed by atoms with E-state index in [-0.39, 0.29) is 17.6 Å². The standard InChI is InChI=1S/C14H11F3N4O/c15-14(16,17)13-20-19-11-12(22-8-4-3-5-8)18-9-6-1-2-7-10(9)21(11)13/h1-2,6-8H,3-5H2. The van der Waals surface area contributed by atoms with Gasteiger partial charge in [-0.3, -0.25) is 4.40 Å². The summed E-state index contributed by atoms with van der Waals surface area (Å²) in [6.45, 7) is 0. The molecule has 2 heterocycles. The lowest BCUT2D eigenvalue weighted by Gasteiger charge is -2.25. The molecule has 0 N–H and O–H groups in total. The molecule has 0 saturated heterocycles. The minimum Gasteiger partial charge on any atom is -0.472 e. The maximum Gasteiger partial charge on any atom is 0.452 e. The molecular formula is C14H11F3N4O. The second-order valence-corrected chi connectivity index (χ2v) is 5.26. The molecule has 0 bridgehead atoms. The molecule has 114 valence electrons. The number of fused-ring (bicyclic) bond motifs is 3. The van der Waals surface area contributed by atoms with Crippen LogP contribution in [0.5, 0.6) is 5.88 Å². The number of halogens is 3. The second kappa shape index (κ2) is 4.56. The van der Waals surface area contributed by atoms with Crippen molar-refractivity contribution in [3.05, 3.63) is 30.1 Å². The van der Waals surface area contributed by atoms with E-state index in [9.17, 15) is 13.2 Å². The Morgan fingerprint density at radius 1 is 1.14 bits per heavy atom. The van der Waals surface area contributed by atoms with Gasteiger partial charge >= 0.3 is 6.18 Å².